The summed E-state index contributed by atoms with van der Waals surface area (Å²) in [7, 11) is -1.42. The summed E-state index contributed by atoms with van der Waals surface area (Å²) in [6.07, 6.45) is 0.625. The minimum absolute atomic E-state index is 0.208. The Bertz CT molecular complexity index is 46.1. The lowest BCUT2D eigenvalue weighted by Crippen LogP contribution is -1.70. The molecule has 0 aromatic carbocycles. The van der Waals surface area contributed by atoms with Crippen LogP contribution in [-0.4, -0.2) is 21.0 Å². The number of aliphatic hydroxyl groups excluding tert-OH is 1. The zero-order chi connectivity index (χ0) is 6.12. The van der Waals surface area contributed by atoms with E-state index in [0.29, 0.717) is 6.42 Å². The lowest BCUT2D eigenvalue weighted by molar-refractivity contribution is 0.302. The quantitative estimate of drug-likeness (QED) is 0.477. The molecular weight excluding hydrogens is 112 g/mol. The molecule has 41 valence electrons. The maximum absolute atomic E-state index is 8.40. The predicted octanol–water partition coefficient (Wildman–Crippen LogP) is -0.416. The fourth-order valence-corrected chi connectivity index (χ4v) is 0. The summed E-state index contributed by atoms with van der Waals surface area (Å²) in [6, 6.07) is 0. The van der Waals surface area contributed by atoms with E-state index < -0.39 is 9.29 Å². The standard InChI is InChI=1S/C3H7O.O2Si/c1-2-3-4;1-3-2/h4H,1-3H2;. The molecule has 0 rings (SSSR count). The number of aliphatic hydroxyl groups is 1. The fraction of sp³-hybridized carbons (Fsp3) is 0.667. The molecule has 1 radical (unpaired) electrons. The number of rotatable bonds is 1. The van der Waals surface area contributed by atoms with Crippen molar-refractivity contribution in [2.24, 2.45) is 0 Å². The third kappa shape index (κ3) is 137. The molecule has 7 heavy (non-hydrogen) atoms. The third-order valence-corrected chi connectivity index (χ3v) is 0.158. The van der Waals surface area contributed by atoms with Gasteiger partial charge >= 0.3 is 9.29 Å². The van der Waals surface area contributed by atoms with Gasteiger partial charge in [-0.25, -0.2) is 0 Å². The molecule has 0 aromatic rings. The van der Waals surface area contributed by atoms with Crippen LogP contribution in [0.2, 0.25) is 0 Å². The van der Waals surface area contributed by atoms with Gasteiger partial charge in [0.15, 0.2) is 0 Å². The molecule has 0 saturated carbocycles. The van der Waals surface area contributed by atoms with Gasteiger partial charge in [-0.2, -0.15) is 0 Å². The Morgan fingerprint density at radius 1 is 1.57 bits per heavy atom. The predicted molar refractivity (Wildman–Crippen MR) is 24.2 cm³/mol. The summed E-state index contributed by atoms with van der Waals surface area (Å²) in [4.78, 5) is 0. The lowest BCUT2D eigenvalue weighted by atomic mass is 10.5. The Kier molecular flexibility index (Phi) is 24.2. The molecule has 0 aromatic heterocycles. The summed E-state index contributed by atoms with van der Waals surface area (Å²) >= 11 is 0. The smallest absolute Gasteiger partial charge is 0.396 e. The first kappa shape index (κ1) is 9.91. The monoisotopic (exact) mass is 119 g/mol. The maximum atomic E-state index is 8.40. The first-order valence-corrected chi connectivity index (χ1v) is 2.54. The van der Waals surface area contributed by atoms with Crippen LogP contribution in [-0.2, 0) is 8.92 Å². The Morgan fingerprint density at radius 2 is 1.71 bits per heavy atom. The number of hydrogen-bond donors (Lipinski definition) is 1. The van der Waals surface area contributed by atoms with Gasteiger partial charge in [-0.1, -0.05) is 6.92 Å². The van der Waals surface area contributed by atoms with E-state index in [9.17, 15) is 0 Å². The zero-order valence-corrected chi connectivity index (χ0v) is 4.89. The molecule has 3 nitrogen and oxygen atoms in total. The molecule has 0 spiro atoms. The van der Waals surface area contributed by atoms with E-state index in [1.165, 1.54) is 0 Å². The minimum atomic E-state index is -1.42. The van der Waals surface area contributed by atoms with Gasteiger partial charge < -0.3 is 5.11 Å². The van der Waals surface area contributed by atoms with Crippen molar-refractivity contribution in [3.05, 3.63) is 6.92 Å². The van der Waals surface area contributed by atoms with Crippen LogP contribution in [0.15, 0.2) is 0 Å². The fourth-order valence-electron chi connectivity index (χ4n) is 0. The van der Waals surface area contributed by atoms with Crippen molar-refractivity contribution in [2.45, 2.75) is 6.42 Å². The molecule has 0 bridgehead atoms. The molecule has 0 amide bonds. The summed E-state index contributed by atoms with van der Waals surface area (Å²) in [6.45, 7) is 3.56. The molecule has 0 aliphatic carbocycles. The van der Waals surface area contributed by atoms with E-state index in [1.807, 2.05) is 0 Å². The van der Waals surface area contributed by atoms with Crippen LogP contribution in [0.25, 0.3) is 0 Å². The minimum Gasteiger partial charge on any atom is -0.396 e. The normalized spacial score (nSPS) is 5.43. The molecule has 0 aliphatic rings. The molecule has 0 fully saturated rings. The Morgan fingerprint density at radius 3 is 1.71 bits per heavy atom. The number of hydrogen-bond acceptors (Lipinski definition) is 3. The van der Waals surface area contributed by atoms with E-state index in [0.717, 1.165) is 0 Å². The molecule has 0 aliphatic heterocycles. The highest BCUT2D eigenvalue weighted by Gasteiger charge is 1.57. The molecule has 0 unspecified atom stereocenters. The highest BCUT2D eigenvalue weighted by molar-refractivity contribution is 5.94. The van der Waals surface area contributed by atoms with E-state index in [2.05, 4.69) is 6.92 Å². The van der Waals surface area contributed by atoms with E-state index in [4.69, 9.17) is 14.0 Å². The van der Waals surface area contributed by atoms with Crippen molar-refractivity contribution in [1.82, 2.24) is 0 Å². The van der Waals surface area contributed by atoms with Crippen LogP contribution in [0.4, 0.5) is 0 Å². The van der Waals surface area contributed by atoms with Crippen molar-refractivity contribution in [3.63, 3.8) is 0 Å². The van der Waals surface area contributed by atoms with Crippen molar-refractivity contribution >= 4 is 9.29 Å². The Hall–Kier alpha value is -0.223. The summed E-state index contributed by atoms with van der Waals surface area (Å²) < 4.78 is 16.8. The first-order chi connectivity index (χ1) is 3.33. The van der Waals surface area contributed by atoms with Gasteiger partial charge in [0, 0.05) is 6.61 Å². The summed E-state index contributed by atoms with van der Waals surface area (Å²) in [5.74, 6) is 0. The van der Waals surface area contributed by atoms with Crippen LogP contribution in [0.5, 0.6) is 0 Å². The largest absolute Gasteiger partial charge is 0.549 e. The second kappa shape index (κ2) is 17.1. The Balaban J connectivity index is 0. The van der Waals surface area contributed by atoms with E-state index >= 15 is 0 Å². The molecular formula is C3H7O3Si. The molecule has 0 saturated heterocycles. The highest BCUT2D eigenvalue weighted by Crippen LogP contribution is 1.60. The van der Waals surface area contributed by atoms with Gasteiger partial charge in [0.2, 0.25) is 0 Å². The average molecular weight is 119 g/mol. The van der Waals surface area contributed by atoms with Crippen LogP contribution >= 0.6 is 0 Å². The van der Waals surface area contributed by atoms with Crippen LogP contribution < -0.4 is 0 Å². The topological polar surface area (TPSA) is 54.4 Å². The van der Waals surface area contributed by atoms with Crippen LogP contribution in [0, 0.1) is 6.92 Å². The molecule has 1 N–H and O–H groups in total. The van der Waals surface area contributed by atoms with Gasteiger partial charge in [0.25, 0.3) is 0 Å². The lowest BCUT2D eigenvalue weighted by Gasteiger charge is -1.69. The SMILES string of the molecule is O=[Si]=O.[CH2]CCO. The van der Waals surface area contributed by atoms with Crippen molar-refractivity contribution in [2.75, 3.05) is 6.61 Å². The first-order valence-electron chi connectivity index (χ1n) is 1.72. The van der Waals surface area contributed by atoms with Crippen molar-refractivity contribution < 1.29 is 14.0 Å². The third-order valence-electron chi connectivity index (χ3n) is 0.158. The molecule has 0 heterocycles. The maximum Gasteiger partial charge on any atom is 0.549 e. The van der Waals surface area contributed by atoms with Gasteiger partial charge in [-0.05, 0) is 6.42 Å². The summed E-state index contributed by atoms with van der Waals surface area (Å²) in [5, 5.41) is 7.81. The van der Waals surface area contributed by atoms with Gasteiger partial charge in [-0.15, -0.1) is 0 Å². The van der Waals surface area contributed by atoms with Crippen LogP contribution in [0.3, 0.4) is 0 Å². The van der Waals surface area contributed by atoms with Crippen molar-refractivity contribution in [3.8, 4) is 0 Å². The van der Waals surface area contributed by atoms with Gasteiger partial charge in [0.05, 0.1) is 0 Å². The molecule has 0 atom stereocenters. The average Bonchev–Trinajstić information content (AvgIpc) is 1.69. The second-order valence-electron chi connectivity index (χ2n) is 0.660. The van der Waals surface area contributed by atoms with Gasteiger partial charge in [0.1, 0.15) is 0 Å². The van der Waals surface area contributed by atoms with Crippen molar-refractivity contribution in [1.29, 1.82) is 0 Å². The van der Waals surface area contributed by atoms with E-state index in [-0.39, 0.29) is 6.61 Å². The van der Waals surface area contributed by atoms with E-state index in [1.54, 1.807) is 0 Å². The van der Waals surface area contributed by atoms with Crippen LogP contribution in [0.1, 0.15) is 6.42 Å². The highest BCUT2D eigenvalue weighted by atomic mass is 28.2. The molecule has 4 heteroatoms. The Labute approximate surface area is 44.3 Å². The summed E-state index contributed by atoms with van der Waals surface area (Å²) in [5.41, 5.74) is 0. The second-order valence-corrected chi connectivity index (χ2v) is 0.827. The van der Waals surface area contributed by atoms with Gasteiger partial charge in [-0.3, -0.25) is 8.92 Å². The zero-order valence-electron chi connectivity index (χ0n) is 3.89.